The van der Waals surface area contributed by atoms with E-state index in [0.717, 1.165) is 31.7 Å². The van der Waals surface area contributed by atoms with E-state index in [1.807, 2.05) is 57.3 Å². The van der Waals surface area contributed by atoms with Gasteiger partial charge in [0, 0.05) is 27.7 Å². The predicted molar refractivity (Wildman–Crippen MR) is 141 cm³/mol. The summed E-state index contributed by atoms with van der Waals surface area (Å²) >= 11 is 2.26. The number of primary amides is 1. The summed E-state index contributed by atoms with van der Waals surface area (Å²) in [6.45, 7) is 3.84. The molecule has 0 aliphatic rings. The molecule has 34 heavy (non-hydrogen) atoms. The van der Waals surface area contributed by atoms with E-state index in [4.69, 9.17) is 11.5 Å². The number of nitrogens with two attached hydrogens (primary N) is 2. The van der Waals surface area contributed by atoms with Gasteiger partial charge in [0.05, 0.1) is 23.3 Å². The molecule has 6 N–H and O–H groups in total. The second kappa shape index (κ2) is 9.55. The molecular weight excluding hydrogens is 548 g/mol. The summed E-state index contributed by atoms with van der Waals surface area (Å²) in [4.78, 5) is 16.4. The van der Waals surface area contributed by atoms with Crippen LogP contribution in [0.1, 0.15) is 34.5 Å². The van der Waals surface area contributed by atoms with E-state index in [1.165, 1.54) is 0 Å². The van der Waals surface area contributed by atoms with E-state index in [-0.39, 0.29) is 23.2 Å². The standard InChI is InChI=1S/C24H25FIN7O/c1-12-8-14(4-6-19(12)26)21(13(2)27)31-24-18(25)10-17(22(28)34)23(32-24)30-16-5-7-20-15(9-16)11-29-33(20)3/h4-11,13,21H,27H2,1-3H3,(H2,28,34)(H2,30,31,32)/t13-,21-/m0/s1. The van der Waals surface area contributed by atoms with Gasteiger partial charge in [0.2, 0.25) is 0 Å². The number of nitrogens with one attached hydrogen (secondary N) is 2. The second-order valence-corrected chi connectivity index (χ2v) is 9.40. The van der Waals surface area contributed by atoms with E-state index < -0.39 is 17.8 Å². The number of carbonyl (C=O) groups excluding carboxylic acids is 1. The molecule has 0 radical (unpaired) electrons. The maximum atomic E-state index is 15.0. The van der Waals surface area contributed by atoms with Gasteiger partial charge in [0.1, 0.15) is 5.82 Å². The van der Waals surface area contributed by atoms with E-state index in [0.29, 0.717) is 5.69 Å². The fourth-order valence-electron chi connectivity index (χ4n) is 3.78. The number of fused-ring (bicyclic) bond motifs is 1. The first-order valence-electron chi connectivity index (χ1n) is 10.6. The van der Waals surface area contributed by atoms with Gasteiger partial charge in [0.25, 0.3) is 5.91 Å². The van der Waals surface area contributed by atoms with Crippen LogP contribution in [0, 0.1) is 16.3 Å². The molecule has 4 rings (SSSR count). The average molecular weight is 573 g/mol. The van der Waals surface area contributed by atoms with E-state index >= 15 is 4.39 Å². The van der Waals surface area contributed by atoms with Crippen LogP contribution in [0.4, 0.5) is 21.7 Å². The minimum absolute atomic E-state index is 0.0338. The van der Waals surface area contributed by atoms with Gasteiger partial charge in [0.15, 0.2) is 11.6 Å². The summed E-state index contributed by atoms with van der Waals surface area (Å²) in [7, 11) is 1.85. The third kappa shape index (κ3) is 4.82. The van der Waals surface area contributed by atoms with Gasteiger partial charge in [-0.15, -0.1) is 0 Å². The maximum Gasteiger partial charge on any atom is 0.252 e. The number of aryl methyl sites for hydroxylation is 2. The van der Waals surface area contributed by atoms with Crippen LogP contribution in [-0.4, -0.2) is 26.7 Å². The van der Waals surface area contributed by atoms with Crippen LogP contribution in [0.5, 0.6) is 0 Å². The Bertz CT molecular complexity index is 1390. The molecule has 2 aromatic carbocycles. The lowest BCUT2D eigenvalue weighted by Crippen LogP contribution is -2.31. The van der Waals surface area contributed by atoms with Crippen LogP contribution in [-0.2, 0) is 7.05 Å². The molecule has 2 atom stereocenters. The Morgan fingerprint density at radius 1 is 1.18 bits per heavy atom. The first-order chi connectivity index (χ1) is 16.1. The molecule has 0 fully saturated rings. The van der Waals surface area contributed by atoms with Crippen molar-refractivity contribution < 1.29 is 9.18 Å². The van der Waals surface area contributed by atoms with Crippen molar-refractivity contribution in [1.29, 1.82) is 0 Å². The van der Waals surface area contributed by atoms with Crippen molar-refractivity contribution >= 4 is 56.7 Å². The average Bonchev–Trinajstić information content (AvgIpc) is 3.15. The molecular formula is C24H25FIN7O. The van der Waals surface area contributed by atoms with Gasteiger partial charge in [-0.1, -0.05) is 12.1 Å². The summed E-state index contributed by atoms with van der Waals surface area (Å²) < 4.78 is 17.9. The lowest BCUT2D eigenvalue weighted by Gasteiger charge is -2.25. The van der Waals surface area contributed by atoms with E-state index in [2.05, 4.69) is 43.3 Å². The molecule has 176 valence electrons. The van der Waals surface area contributed by atoms with Gasteiger partial charge in [-0.2, -0.15) is 5.10 Å². The van der Waals surface area contributed by atoms with Crippen LogP contribution < -0.4 is 22.1 Å². The van der Waals surface area contributed by atoms with Gasteiger partial charge in [-0.25, -0.2) is 9.37 Å². The topological polar surface area (TPSA) is 124 Å². The number of hydrogen-bond acceptors (Lipinski definition) is 6. The molecule has 4 aromatic rings. The molecule has 8 nitrogen and oxygen atoms in total. The first kappa shape index (κ1) is 23.9. The predicted octanol–water partition coefficient (Wildman–Crippen LogP) is 4.36. The van der Waals surface area contributed by atoms with E-state index in [9.17, 15) is 4.79 Å². The number of hydrogen-bond donors (Lipinski definition) is 4. The Hall–Kier alpha value is -3.25. The Labute approximate surface area is 210 Å². The molecule has 0 saturated carbocycles. The van der Waals surface area contributed by atoms with Crippen LogP contribution >= 0.6 is 22.6 Å². The molecule has 1 amide bonds. The van der Waals surface area contributed by atoms with Crippen LogP contribution in [0.25, 0.3) is 10.9 Å². The quantitative estimate of drug-likeness (QED) is 0.244. The smallest absolute Gasteiger partial charge is 0.252 e. The highest BCUT2D eigenvalue weighted by Gasteiger charge is 2.22. The molecule has 0 aliphatic heterocycles. The molecule has 0 aliphatic carbocycles. The van der Waals surface area contributed by atoms with Gasteiger partial charge in [-0.3, -0.25) is 9.48 Å². The molecule has 2 heterocycles. The fraction of sp³-hybridized carbons (Fsp3) is 0.208. The van der Waals surface area contributed by atoms with Crippen LogP contribution in [0.15, 0.2) is 48.7 Å². The third-order valence-electron chi connectivity index (χ3n) is 5.61. The summed E-state index contributed by atoms with van der Waals surface area (Å²) in [6, 6.07) is 11.9. The number of pyridine rings is 1. The minimum atomic E-state index is -0.792. The number of benzene rings is 2. The molecule has 2 aromatic heterocycles. The first-order valence-corrected chi connectivity index (χ1v) is 11.7. The Morgan fingerprint density at radius 3 is 2.62 bits per heavy atom. The SMILES string of the molecule is Cc1cc([C@@H](Nc2nc(Nc3ccc4c(cnn4C)c3)c(C(N)=O)cc2F)[C@H](C)N)ccc1I. The number of aromatic nitrogens is 3. The van der Waals surface area contributed by atoms with Crippen molar-refractivity contribution in [2.45, 2.75) is 25.9 Å². The normalized spacial score (nSPS) is 13.0. The van der Waals surface area contributed by atoms with E-state index in [1.54, 1.807) is 10.9 Å². The third-order valence-corrected chi connectivity index (χ3v) is 6.82. The van der Waals surface area contributed by atoms with Crippen molar-refractivity contribution in [2.75, 3.05) is 10.6 Å². The largest absolute Gasteiger partial charge is 0.365 e. The summed E-state index contributed by atoms with van der Waals surface area (Å²) in [6.07, 6.45) is 1.73. The number of nitrogens with zero attached hydrogens (tertiary/aromatic N) is 3. The zero-order valence-electron chi connectivity index (χ0n) is 18.9. The molecule has 0 bridgehead atoms. The van der Waals surface area contributed by atoms with Crippen molar-refractivity contribution in [1.82, 2.24) is 14.8 Å². The van der Waals surface area contributed by atoms with Crippen molar-refractivity contribution in [3.63, 3.8) is 0 Å². The Morgan fingerprint density at radius 2 is 1.94 bits per heavy atom. The minimum Gasteiger partial charge on any atom is -0.365 e. The highest BCUT2D eigenvalue weighted by Crippen LogP contribution is 2.29. The summed E-state index contributed by atoms with van der Waals surface area (Å²) in [5.41, 5.74) is 15.3. The van der Waals surface area contributed by atoms with Gasteiger partial charge < -0.3 is 22.1 Å². The van der Waals surface area contributed by atoms with Gasteiger partial charge in [-0.05, 0) is 77.9 Å². The fourth-order valence-corrected chi connectivity index (χ4v) is 4.11. The van der Waals surface area contributed by atoms with Gasteiger partial charge >= 0.3 is 0 Å². The Kier molecular flexibility index (Phi) is 6.71. The Balaban J connectivity index is 1.71. The lowest BCUT2D eigenvalue weighted by atomic mass is 9.99. The van der Waals surface area contributed by atoms with Crippen molar-refractivity contribution in [3.8, 4) is 0 Å². The number of rotatable bonds is 7. The lowest BCUT2D eigenvalue weighted by molar-refractivity contribution is 0.100. The highest BCUT2D eigenvalue weighted by atomic mass is 127. The molecule has 10 heteroatoms. The monoisotopic (exact) mass is 573 g/mol. The highest BCUT2D eigenvalue weighted by molar-refractivity contribution is 14.1. The number of amides is 1. The number of anilines is 3. The number of halogens is 2. The number of carbonyl (C=O) groups is 1. The second-order valence-electron chi connectivity index (χ2n) is 8.24. The zero-order chi connectivity index (χ0) is 24.6. The summed E-state index contributed by atoms with van der Waals surface area (Å²) in [5.74, 6) is -1.38. The van der Waals surface area contributed by atoms with Crippen LogP contribution in [0.2, 0.25) is 0 Å². The van der Waals surface area contributed by atoms with Crippen molar-refractivity contribution in [3.05, 3.63) is 74.7 Å². The summed E-state index contributed by atoms with van der Waals surface area (Å²) in [5, 5.41) is 11.3. The molecule has 0 saturated heterocycles. The van der Waals surface area contributed by atoms with Crippen LogP contribution in [0.3, 0.4) is 0 Å². The maximum absolute atomic E-state index is 15.0. The van der Waals surface area contributed by atoms with Crippen molar-refractivity contribution in [2.24, 2.45) is 18.5 Å². The molecule has 0 spiro atoms. The zero-order valence-corrected chi connectivity index (χ0v) is 21.1. The molecule has 0 unspecified atom stereocenters.